The molecule has 8 atom stereocenters. The van der Waals surface area contributed by atoms with Gasteiger partial charge in [-0.1, -0.05) is 57.2 Å². The summed E-state index contributed by atoms with van der Waals surface area (Å²) in [6.45, 7) is 7.62. The molecule has 3 N–H and O–H groups in total. The van der Waals surface area contributed by atoms with Crippen LogP contribution >= 0.6 is 0 Å². The summed E-state index contributed by atoms with van der Waals surface area (Å²) < 4.78 is 6.27. The molecule has 0 spiro atoms. The second-order valence-corrected chi connectivity index (χ2v) is 11.9. The lowest BCUT2D eigenvalue weighted by molar-refractivity contribution is -0.191. The third-order valence-corrected chi connectivity index (χ3v) is 9.80. The smallest absolute Gasteiger partial charge is 0.310 e. The summed E-state index contributed by atoms with van der Waals surface area (Å²) in [6, 6.07) is 9.51. The minimum atomic E-state index is -1.71. The first-order valence-corrected chi connectivity index (χ1v) is 12.5. The molecule has 6 nitrogen and oxygen atoms in total. The van der Waals surface area contributed by atoms with Gasteiger partial charge in [-0.3, -0.25) is 9.59 Å². The van der Waals surface area contributed by atoms with Crippen molar-refractivity contribution in [3.63, 3.8) is 0 Å². The average molecular weight is 469 g/mol. The van der Waals surface area contributed by atoms with Crippen LogP contribution in [0.5, 0.6) is 0 Å². The molecular weight excluding hydrogens is 432 g/mol. The number of esters is 1. The normalized spacial score (nSPS) is 44.3. The summed E-state index contributed by atoms with van der Waals surface area (Å²) in [6.07, 6.45) is 3.00. The topological polar surface area (TPSA) is 104 Å². The van der Waals surface area contributed by atoms with Gasteiger partial charge >= 0.3 is 5.97 Å². The van der Waals surface area contributed by atoms with Gasteiger partial charge in [-0.25, -0.2) is 0 Å². The molecule has 0 saturated heterocycles. The van der Waals surface area contributed by atoms with Gasteiger partial charge in [0.25, 0.3) is 0 Å². The van der Waals surface area contributed by atoms with Crippen LogP contribution in [-0.4, -0.2) is 50.5 Å². The van der Waals surface area contributed by atoms with Crippen molar-refractivity contribution < 1.29 is 29.6 Å². The van der Waals surface area contributed by atoms with Crippen molar-refractivity contribution in [3.05, 3.63) is 47.5 Å². The van der Waals surface area contributed by atoms with E-state index in [4.69, 9.17) is 4.74 Å². The van der Waals surface area contributed by atoms with Gasteiger partial charge in [0.15, 0.2) is 5.78 Å². The van der Waals surface area contributed by atoms with E-state index in [2.05, 4.69) is 13.8 Å². The van der Waals surface area contributed by atoms with Crippen molar-refractivity contribution in [1.29, 1.82) is 0 Å². The first-order chi connectivity index (χ1) is 15.9. The van der Waals surface area contributed by atoms with E-state index in [0.29, 0.717) is 18.4 Å². The van der Waals surface area contributed by atoms with Crippen molar-refractivity contribution in [2.75, 3.05) is 6.61 Å². The number of rotatable bonds is 4. The van der Waals surface area contributed by atoms with Crippen molar-refractivity contribution >= 4 is 11.8 Å². The van der Waals surface area contributed by atoms with Crippen molar-refractivity contribution in [1.82, 2.24) is 0 Å². The summed E-state index contributed by atoms with van der Waals surface area (Å²) >= 11 is 0. The fraction of sp³-hybridized carbons (Fsp3) is 0.643. The third kappa shape index (κ3) is 2.98. The zero-order chi connectivity index (χ0) is 24.7. The SMILES string of the molecule is CC1=C[C@H]2[C@@]3(O)[C@H](C)C[C@]4(OC(=O)Cc5ccccc5)[C@H]([C@@H]3C[C@@H](CO)C[C@]2(O)C1=O)C4(C)C. The number of benzene rings is 1. The molecule has 3 saturated carbocycles. The summed E-state index contributed by atoms with van der Waals surface area (Å²) in [5, 5.41) is 34.1. The summed E-state index contributed by atoms with van der Waals surface area (Å²) in [7, 11) is 0. The minimum Gasteiger partial charge on any atom is -0.458 e. The van der Waals surface area contributed by atoms with E-state index in [-0.39, 0.29) is 60.3 Å². The Kier molecular flexibility index (Phi) is 5.22. The van der Waals surface area contributed by atoms with Crippen molar-refractivity contribution in [3.8, 4) is 0 Å². The standard InChI is InChI=1S/C28H36O6/c1-16-10-21-26(32,24(16)31)14-19(15-29)11-20-23-25(3,4)27(23,13-17(2)28(20,21)33)34-22(30)12-18-8-6-5-7-9-18/h5-10,17,19-21,23,29,32-33H,11-15H2,1-4H3/t17-,19-,20+,21-,23-,26-,27+,28-/m1/s1. The second-order valence-electron chi connectivity index (χ2n) is 11.9. The molecule has 0 bridgehead atoms. The molecule has 0 unspecified atom stereocenters. The molecule has 34 heavy (non-hydrogen) atoms. The van der Waals surface area contributed by atoms with Crippen LogP contribution in [0.2, 0.25) is 0 Å². The van der Waals surface area contributed by atoms with Crippen molar-refractivity contribution in [2.45, 2.75) is 70.2 Å². The lowest BCUT2D eigenvalue weighted by atomic mass is 9.59. The van der Waals surface area contributed by atoms with E-state index in [1.807, 2.05) is 37.3 Å². The van der Waals surface area contributed by atoms with E-state index in [1.54, 1.807) is 13.0 Å². The van der Waals surface area contributed by atoms with Crippen LogP contribution in [0.25, 0.3) is 0 Å². The Morgan fingerprint density at radius 3 is 2.47 bits per heavy atom. The van der Waals surface area contributed by atoms with E-state index < -0.39 is 22.7 Å². The predicted octanol–water partition coefficient (Wildman–Crippen LogP) is 2.83. The highest BCUT2D eigenvalue weighted by molar-refractivity contribution is 6.04. The van der Waals surface area contributed by atoms with Gasteiger partial charge < -0.3 is 20.1 Å². The van der Waals surface area contributed by atoms with Crippen LogP contribution < -0.4 is 0 Å². The summed E-state index contributed by atoms with van der Waals surface area (Å²) in [5.74, 6) is -2.45. The highest BCUT2D eigenvalue weighted by Gasteiger charge is 2.83. The van der Waals surface area contributed by atoms with Crippen LogP contribution in [0.4, 0.5) is 0 Å². The maximum Gasteiger partial charge on any atom is 0.310 e. The summed E-state index contributed by atoms with van der Waals surface area (Å²) in [5.41, 5.74) is -2.76. The van der Waals surface area contributed by atoms with E-state index in [9.17, 15) is 24.9 Å². The zero-order valence-corrected chi connectivity index (χ0v) is 20.5. The Morgan fingerprint density at radius 2 is 1.82 bits per heavy atom. The van der Waals surface area contributed by atoms with Crippen LogP contribution in [0.3, 0.4) is 0 Å². The molecule has 0 amide bonds. The number of carbonyl (C=O) groups is 2. The van der Waals surface area contributed by atoms with Crippen LogP contribution in [0.1, 0.15) is 52.5 Å². The van der Waals surface area contributed by atoms with Crippen LogP contribution in [0.15, 0.2) is 42.0 Å². The highest BCUT2D eigenvalue weighted by atomic mass is 16.6. The maximum absolute atomic E-state index is 13.0. The maximum atomic E-state index is 13.0. The number of aliphatic hydroxyl groups excluding tert-OH is 1. The largest absolute Gasteiger partial charge is 0.458 e. The molecular formula is C28H36O6. The predicted molar refractivity (Wildman–Crippen MR) is 125 cm³/mol. The van der Waals surface area contributed by atoms with E-state index >= 15 is 0 Å². The fourth-order valence-electron chi connectivity index (χ4n) is 8.13. The van der Waals surface area contributed by atoms with Gasteiger partial charge in [0.05, 0.1) is 12.0 Å². The molecule has 3 fully saturated rings. The number of ether oxygens (including phenoxy) is 1. The number of hydrogen-bond acceptors (Lipinski definition) is 6. The van der Waals surface area contributed by atoms with Gasteiger partial charge in [-0.15, -0.1) is 0 Å². The Labute approximate surface area is 201 Å². The highest BCUT2D eigenvalue weighted by Crippen LogP contribution is 2.77. The number of fused-ring (bicyclic) bond motifs is 5. The van der Waals surface area contributed by atoms with Crippen molar-refractivity contribution in [2.24, 2.45) is 35.0 Å². The molecule has 1 aromatic rings. The van der Waals surface area contributed by atoms with Gasteiger partial charge in [0.1, 0.15) is 11.2 Å². The number of aliphatic hydroxyl groups is 3. The number of Topliss-reactive ketones (excluding diaryl/α,β-unsaturated/α-hetero) is 1. The van der Waals surface area contributed by atoms with Gasteiger partial charge in [0, 0.05) is 23.9 Å². The first-order valence-electron chi connectivity index (χ1n) is 12.5. The van der Waals surface area contributed by atoms with E-state index in [1.165, 1.54) is 0 Å². The Bertz CT molecular complexity index is 1050. The number of ketones is 1. The quantitative estimate of drug-likeness (QED) is 0.587. The molecule has 4 aliphatic carbocycles. The molecule has 1 aromatic carbocycles. The average Bonchev–Trinajstić information content (AvgIpc) is 3.18. The Morgan fingerprint density at radius 1 is 1.15 bits per heavy atom. The van der Waals surface area contributed by atoms with Crippen LogP contribution in [-0.2, 0) is 20.7 Å². The van der Waals surface area contributed by atoms with Gasteiger partial charge in [-0.2, -0.15) is 0 Å². The Hall–Kier alpha value is -2.02. The Balaban J connectivity index is 1.51. The second kappa shape index (κ2) is 7.49. The zero-order valence-electron chi connectivity index (χ0n) is 20.5. The lowest BCUT2D eigenvalue weighted by Gasteiger charge is -2.51. The number of carbonyl (C=O) groups excluding carboxylic acids is 2. The van der Waals surface area contributed by atoms with E-state index in [0.717, 1.165) is 5.56 Å². The van der Waals surface area contributed by atoms with Gasteiger partial charge in [0.2, 0.25) is 0 Å². The van der Waals surface area contributed by atoms with Crippen LogP contribution in [0, 0.1) is 35.0 Å². The molecule has 6 heteroatoms. The summed E-state index contributed by atoms with van der Waals surface area (Å²) in [4.78, 5) is 26.1. The molecule has 5 rings (SSSR count). The molecule has 184 valence electrons. The third-order valence-electron chi connectivity index (χ3n) is 9.80. The first kappa shape index (κ1) is 23.7. The molecule has 4 aliphatic rings. The monoisotopic (exact) mass is 468 g/mol. The molecule has 0 aliphatic heterocycles. The van der Waals surface area contributed by atoms with Gasteiger partial charge in [-0.05, 0) is 55.1 Å². The minimum absolute atomic E-state index is 0.123. The molecule has 0 radical (unpaired) electrons. The number of hydrogen-bond donors (Lipinski definition) is 3. The fourth-order valence-corrected chi connectivity index (χ4v) is 8.13. The molecule has 0 aromatic heterocycles. The molecule has 0 heterocycles. The lowest BCUT2D eigenvalue weighted by Crippen LogP contribution is -2.61.